The van der Waals surface area contributed by atoms with Gasteiger partial charge in [-0.15, -0.1) is 0 Å². The predicted molar refractivity (Wildman–Crippen MR) is 65.7 cm³/mol. The summed E-state index contributed by atoms with van der Waals surface area (Å²) >= 11 is 0. The quantitative estimate of drug-likeness (QED) is 0.755. The summed E-state index contributed by atoms with van der Waals surface area (Å²) in [4.78, 5) is 36.3. The number of imide groups is 1. The van der Waals surface area contributed by atoms with Crippen molar-refractivity contribution in [2.45, 2.75) is 40.5 Å². The molecule has 0 saturated carbocycles. The molecule has 1 aliphatic heterocycles. The maximum absolute atomic E-state index is 11.9. The van der Waals surface area contributed by atoms with Crippen molar-refractivity contribution in [3.63, 3.8) is 0 Å². The summed E-state index contributed by atoms with van der Waals surface area (Å²) < 4.78 is 0. The van der Waals surface area contributed by atoms with Crippen LogP contribution in [0.25, 0.3) is 0 Å². The van der Waals surface area contributed by atoms with E-state index >= 15 is 0 Å². The molecule has 0 aromatic rings. The van der Waals surface area contributed by atoms with E-state index < -0.39 is 11.4 Å². The van der Waals surface area contributed by atoms with Crippen molar-refractivity contribution in [2.24, 2.45) is 5.41 Å². The molecule has 0 saturated heterocycles. The Morgan fingerprint density at radius 2 is 1.50 bits per heavy atom. The molecule has 0 unspecified atom stereocenters. The Kier molecular flexibility index (Phi) is 3.94. The largest absolute Gasteiger partial charge is 0.481 e. The maximum Gasteiger partial charge on any atom is 0.311 e. The van der Waals surface area contributed by atoms with Crippen molar-refractivity contribution in [1.29, 1.82) is 0 Å². The molecule has 1 rings (SSSR count). The van der Waals surface area contributed by atoms with Crippen LogP contribution in [0.15, 0.2) is 11.1 Å². The third kappa shape index (κ3) is 2.05. The third-order valence-electron chi connectivity index (χ3n) is 3.96. The average Bonchev–Trinajstić information content (AvgIpc) is 2.52. The van der Waals surface area contributed by atoms with Crippen LogP contribution in [-0.4, -0.2) is 34.3 Å². The van der Waals surface area contributed by atoms with Crippen molar-refractivity contribution in [1.82, 2.24) is 4.90 Å². The van der Waals surface area contributed by atoms with Gasteiger partial charge in [-0.05, 0) is 26.7 Å². The van der Waals surface area contributed by atoms with Crippen LogP contribution in [0.4, 0.5) is 0 Å². The Bertz CT molecular complexity index is 408. The number of nitrogens with zero attached hydrogens (tertiary/aromatic N) is 1. The Morgan fingerprint density at radius 1 is 1.11 bits per heavy atom. The third-order valence-corrected chi connectivity index (χ3v) is 3.96. The normalized spacial score (nSPS) is 16.8. The lowest BCUT2D eigenvalue weighted by Gasteiger charge is -2.30. The second kappa shape index (κ2) is 4.92. The zero-order valence-corrected chi connectivity index (χ0v) is 11.2. The van der Waals surface area contributed by atoms with E-state index in [4.69, 9.17) is 0 Å². The van der Waals surface area contributed by atoms with Gasteiger partial charge in [0.05, 0.1) is 5.41 Å². The molecule has 0 fully saturated rings. The van der Waals surface area contributed by atoms with Gasteiger partial charge in [0.2, 0.25) is 0 Å². The summed E-state index contributed by atoms with van der Waals surface area (Å²) in [6.45, 7) is 6.65. The van der Waals surface area contributed by atoms with Crippen LogP contribution in [0, 0.1) is 5.41 Å². The Hall–Kier alpha value is -1.65. The van der Waals surface area contributed by atoms with Crippen molar-refractivity contribution in [3.05, 3.63) is 11.1 Å². The first kappa shape index (κ1) is 14.4. The number of hydrogen-bond acceptors (Lipinski definition) is 3. The Balaban J connectivity index is 3.02. The van der Waals surface area contributed by atoms with Crippen LogP contribution >= 0.6 is 0 Å². The number of hydrogen-bond donors (Lipinski definition) is 1. The molecule has 0 spiro atoms. The van der Waals surface area contributed by atoms with Gasteiger partial charge in [0.15, 0.2) is 0 Å². The van der Waals surface area contributed by atoms with Gasteiger partial charge in [0.25, 0.3) is 11.8 Å². The Morgan fingerprint density at radius 3 is 1.78 bits per heavy atom. The minimum absolute atomic E-state index is 0.0539. The number of carboxylic acids is 1. The number of carbonyl (C=O) groups is 3. The standard InChI is InChI=1S/C13H19NO4/c1-5-13(6-2,12(17)18)7-14-10(15)8(3)9(4)11(14)16/h5-7H2,1-4H3,(H,17,18). The number of amides is 2. The van der Waals surface area contributed by atoms with Gasteiger partial charge in [-0.25, -0.2) is 0 Å². The molecule has 0 radical (unpaired) electrons. The molecule has 0 bridgehead atoms. The van der Waals surface area contributed by atoms with Gasteiger partial charge < -0.3 is 5.11 Å². The van der Waals surface area contributed by atoms with Crippen molar-refractivity contribution in [2.75, 3.05) is 6.54 Å². The number of carboxylic acid groups (broad SMARTS) is 1. The topological polar surface area (TPSA) is 74.7 Å². The summed E-state index contributed by atoms with van der Waals surface area (Å²) in [5, 5.41) is 9.33. The molecule has 0 aromatic carbocycles. The molecule has 0 atom stereocenters. The lowest BCUT2D eigenvalue weighted by atomic mass is 9.82. The van der Waals surface area contributed by atoms with Crippen LogP contribution in [0.3, 0.4) is 0 Å². The second-order valence-corrected chi connectivity index (χ2v) is 4.74. The SMILES string of the molecule is CCC(CC)(CN1C(=O)C(C)=C(C)C1=O)C(=O)O. The molecule has 1 N–H and O–H groups in total. The highest BCUT2D eigenvalue weighted by Crippen LogP contribution is 2.31. The monoisotopic (exact) mass is 253 g/mol. The summed E-state index contributed by atoms with van der Waals surface area (Å²) in [6, 6.07) is 0. The Labute approximate surface area is 106 Å². The van der Waals surface area contributed by atoms with Crippen LogP contribution in [0.5, 0.6) is 0 Å². The van der Waals surface area contributed by atoms with E-state index in [1.807, 2.05) is 0 Å². The summed E-state index contributed by atoms with van der Waals surface area (Å²) in [5.74, 6) is -1.70. The molecular formula is C13H19NO4. The van der Waals surface area contributed by atoms with Gasteiger partial charge in [-0.1, -0.05) is 13.8 Å². The summed E-state index contributed by atoms with van der Waals surface area (Å²) in [5.41, 5.74) is -0.228. The molecule has 2 amide bonds. The molecule has 100 valence electrons. The van der Waals surface area contributed by atoms with Crippen molar-refractivity contribution >= 4 is 17.8 Å². The van der Waals surface area contributed by atoms with Crippen LogP contribution < -0.4 is 0 Å². The summed E-state index contributed by atoms with van der Waals surface area (Å²) in [6.07, 6.45) is 0.766. The lowest BCUT2D eigenvalue weighted by molar-refractivity contribution is -0.153. The van der Waals surface area contributed by atoms with Gasteiger partial charge in [0, 0.05) is 17.7 Å². The van der Waals surface area contributed by atoms with Gasteiger partial charge in [-0.3, -0.25) is 19.3 Å². The molecule has 0 aliphatic carbocycles. The molecule has 18 heavy (non-hydrogen) atoms. The number of aliphatic carboxylic acids is 1. The average molecular weight is 253 g/mol. The van der Waals surface area contributed by atoms with Gasteiger partial charge in [-0.2, -0.15) is 0 Å². The summed E-state index contributed by atoms with van der Waals surface area (Å²) in [7, 11) is 0. The highest BCUT2D eigenvalue weighted by atomic mass is 16.4. The molecule has 5 nitrogen and oxygen atoms in total. The van der Waals surface area contributed by atoms with E-state index in [2.05, 4.69) is 0 Å². The first-order valence-electron chi connectivity index (χ1n) is 6.07. The number of carbonyl (C=O) groups excluding carboxylic acids is 2. The highest BCUT2D eigenvalue weighted by Gasteiger charge is 2.43. The van der Waals surface area contributed by atoms with E-state index in [0.29, 0.717) is 24.0 Å². The number of rotatable bonds is 5. The van der Waals surface area contributed by atoms with Gasteiger partial charge in [0.1, 0.15) is 0 Å². The van der Waals surface area contributed by atoms with Crippen molar-refractivity contribution < 1.29 is 19.5 Å². The fourth-order valence-electron chi connectivity index (χ4n) is 2.11. The van der Waals surface area contributed by atoms with Crippen molar-refractivity contribution in [3.8, 4) is 0 Å². The van der Waals surface area contributed by atoms with Crippen LogP contribution in [-0.2, 0) is 14.4 Å². The van der Waals surface area contributed by atoms with E-state index in [1.54, 1.807) is 27.7 Å². The van der Waals surface area contributed by atoms with E-state index in [-0.39, 0.29) is 18.4 Å². The second-order valence-electron chi connectivity index (χ2n) is 4.74. The fourth-order valence-corrected chi connectivity index (χ4v) is 2.11. The fraction of sp³-hybridized carbons (Fsp3) is 0.615. The van der Waals surface area contributed by atoms with Crippen LogP contribution in [0.1, 0.15) is 40.5 Å². The smallest absolute Gasteiger partial charge is 0.311 e. The molecule has 0 aromatic heterocycles. The van der Waals surface area contributed by atoms with E-state index in [0.717, 1.165) is 4.90 Å². The predicted octanol–water partition coefficient (Wildman–Crippen LogP) is 1.58. The van der Waals surface area contributed by atoms with E-state index in [9.17, 15) is 19.5 Å². The minimum atomic E-state index is -1.05. The van der Waals surface area contributed by atoms with Gasteiger partial charge >= 0.3 is 5.97 Å². The first-order chi connectivity index (χ1) is 8.30. The zero-order valence-electron chi connectivity index (χ0n) is 11.2. The molecule has 1 heterocycles. The van der Waals surface area contributed by atoms with E-state index in [1.165, 1.54) is 0 Å². The maximum atomic E-state index is 11.9. The lowest BCUT2D eigenvalue weighted by Crippen LogP contribution is -2.45. The zero-order chi connectivity index (χ0) is 14.1. The molecular weight excluding hydrogens is 234 g/mol. The highest BCUT2D eigenvalue weighted by molar-refractivity contribution is 6.18. The first-order valence-corrected chi connectivity index (χ1v) is 6.07. The molecule has 5 heteroatoms. The van der Waals surface area contributed by atoms with Crippen LogP contribution in [0.2, 0.25) is 0 Å². The molecule has 1 aliphatic rings. The minimum Gasteiger partial charge on any atom is -0.481 e.